The summed E-state index contributed by atoms with van der Waals surface area (Å²) in [6.45, 7) is 2.18. The van der Waals surface area contributed by atoms with E-state index in [1.54, 1.807) is 0 Å². The van der Waals surface area contributed by atoms with Gasteiger partial charge in [0.05, 0.1) is 10.4 Å². The molecule has 2 aliphatic rings. The molecule has 0 aromatic rings. The lowest BCUT2D eigenvalue weighted by Crippen LogP contribution is -2.51. The Balaban J connectivity index is 2.01. The highest BCUT2D eigenvalue weighted by atomic mass is 32.2. The van der Waals surface area contributed by atoms with Crippen LogP contribution in [-0.2, 0) is 4.79 Å². The fourth-order valence-electron chi connectivity index (χ4n) is 3.38. The SMILES string of the molecule is CCSC1CCCC1NC(=O)C1(C(N)=S)CCCC1. The Morgan fingerprint density at radius 2 is 2.05 bits per heavy atom. The first-order valence-corrected chi connectivity index (χ1v) is 8.78. The summed E-state index contributed by atoms with van der Waals surface area (Å²) in [6, 6.07) is 0.310. The van der Waals surface area contributed by atoms with Gasteiger partial charge in [-0.05, 0) is 31.4 Å². The van der Waals surface area contributed by atoms with Gasteiger partial charge in [0.2, 0.25) is 5.91 Å². The molecule has 2 saturated carbocycles. The Morgan fingerprint density at radius 3 is 2.63 bits per heavy atom. The second-order valence-electron chi connectivity index (χ2n) is 5.66. The maximum Gasteiger partial charge on any atom is 0.233 e. The number of nitrogens with one attached hydrogen (secondary N) is 1. The van der Waals surface area contributed by atoms with Crippen molar-refractivity contribution in [2.24, 2.45) is 11.1 Å². The Morgan fingerprint density at radius 1 is 1.37 bits per heavy atom. The van der Waals surface area contributed by atoms with Crippen molar-refractivity contribution in [3.8, 4) is 0 Å². The summed E-state index contributed by atoms with van der Waals surface area (Å²) in [5, 5.41) is 3.82. The van der Waals surface area contributed by atoms with E-state index in [1.807, 2.05) is 11.8 Å². The average Bonchev–Trinajstić information content (AvgIpc) is 3.00. The molecule has 0 bridgehead atoms. The Kier molecular flexibility index (Phi) is 5.12. The van der Waals surface area contributed by atoms with Crippen LogP contribution in [0, 0.1) is 5.41 Å². The normalized spacial score (nSPS) is 29.3. The van der Waals surface area contributed by atoms with E-state index in [0.717, 1.165) is 37.9 Å². The molecule has 108 valence electrons. The fraction of sp³-hybridized carbons (Fsp3) is 0.857. The first-order valence-electron chi connectivity index (χ1n) is 7.32. The standard InChI is InChI=1S/C14H24N2OS2/c1-2-19-11-7-5-6-10(11)16-13(17)14(12(15)18)8-3-4-9-14/h10-11H,2-9H2,1H3,(H2,15,18)(H,16,17). The molecule has 0 heterocycles. The summed E-state index contributed by atoms with van der Waals surface area (Å²) in [6.07, 6.45) is 7.28. The minimum Gasteiger partial charge on any atom is -0.392 e. The first kappa shape index (κ1) is 15.1. The molecule has 5 heteroatoms. The number of rotatable bonds is 5. The third-order valence-electron chi connectivity index (χ3n) is 4.51. The van der Waals surface area contributed by atoms with Crippen LogP contribution in [0.1, 0.15) is 51.9 Å². The molecule has 0 aromatic heterocycles. The van der Waals surface area contributed by atoms with Gasteiger partial charge in [0.15, 0.2) is 0 Å². The molecule has 0 radical (unpaired) electrons. The van der Waals surface area contributed by atoms with Crippen molar-refractivity contribution in [2.75, 3.05) is 5.75 Å². The zero-order chi connectivity index (χ0) is 13.9. The van der Waals surface area contributed by atoms with Gasteiger partial charge in [0.1, 0.15) is 0 Å². The van der Waals surface area contributed by atoms with E-state index < -0.39 is 5.41 Å². The second-order valence-corrected chi connectivity index (χ2v) is 7.61. The largest absolute Gasteiger partial charge is 0.392 e. The van der Waals surface area contributed by atoms with E-state index in [4.69, 9.17) is 18.0 Å². The smallest absolute Gasteiger partial charge is 0.233 e. The topological polar surface area (TPSA) is 55.1 Å². The molecule has 0 aliphatic heterocycles. The van der Waals surface area contributed by atoms with Crippen LogP contribution in [0.25, 0.3) is 0 Å². The van der Waals surface area contributed by atoms with E-state index in [-0.39, 0.29) is 5.91 Å². The van der Waals surface area contributed by atoms with E-state index in [2.05, 4.69) is 12.2 Å². The van der Waals surface area contributed by atoms with Crippen LogP contribution in [0.4, 0.5) is 0 Å². The summed E-state index contributed by atoms with van der Waals surface area (Å²) in [5.74, 6) is 1.20. The predicted molar refractivity (Wildman–Crippen MR) is 85.4 cm³/mol. The highest BCUT2D eigenvalue weighted by molar-refractivity contribution is 7.99. The molecular weight excluding hydrogens is 276 g/mol. The Bertz CT molecular complexity index is 353. The monoisotopic (exact) mass is 300 g/mol. The number of carbonyl (C=O) groups is 1. The lowest BCUT2D eigenvalue weighted by molar-refractivity contribution is -0.128. The van der Waals surface area contributed by atoms with Gasteiger partial charge in [0.25, 0.3) is 0 Å². The molecule has 2 atom stereocenters. The molecule has 2 unspecified atom stereocenters. The number of nitrogens with two attached hydrogens (primary N) is 1. The first-order chi connectivity index (χ1) is 9.10. The zero-order valence-electron chi connectivity index (χ0n) is 11.6. The average molecular weight is 300 g/mol. The van der Waals surface area contributed by atoms with E-state index in [0.29, 0.717) is 16.3 Å². The van der Waals surface area contributed by atoms with Crippen LogP contribution < -0.4 is 11.1 Å². The zero-order valence-corrected chi connectivity index (χ0v) is 13.2. The van der Waals surface area contributed by atoms with Crippen LogP contribution in [0.2, 0.25) is 0 Å². The highest BCUT2D eigenvalue weighted by Gasteiger charge is 2.45. The summed E-state index contributed by atoms with van der Waals surface area (Å²) in [4.78, 5) is 13.0. The third kappa shape index (κ3) is 3.07. The lowest BCUT2D eigenvalue weighted by atomic mass is 9.84. The van der Waals surface area contributed by atoms with Gasteiger partial charge in [-0.15, -0.1) is 0 Å². The minimum absolute atomic E-state index is 0.0890. The van der Waals surface area contributed by atoms with Crippen molar-refractivity contribution in [1.29, 1.82) is 0 Å². The number of amides is 1. The molecule has 19 heavy (non-hydrogen) atoms. The molecule has 0 saturated heterocycles. The second kappa shape index (κ2) is 6.44. The number of hydrogen-bond acceptors (Lipinski definition) is 3. The third-order valence-corrected chi connectivity index (χ3v) is 6.23. The van der Waals surface area contributed by atoms with Crippen molar-refractivity contribution in [2.45, 2.75) is 63.2 Å². The molecule has 3 N–H and O–H groups in total. The summed E-state index contributed by atoms with van der Waals surface area (Å²) >= 11 is 7.14. The molecule has 2 aliphatic carbocycles. The molecule has 2 rings (SSSR count). The van der Waals surface area contributed by atoms with Crippen LogP contribution in [0.5, 0.6) is 0 Å². The van der Waals surface area contributed by atoms with Gasteiger partial charge >= 0.3 is 0 Å². The number of thioether (sulfide) groups is 1. The maximum atomic E-state index is 12.6. The quantitative estimate of drug-likeness (QED) is 0.766. The predicted octanol–water partition coefficient (Wildman–Crippen LogP) is 2.62. The van der Waals surface area contributed by atoms with Crippen molar-refractivity contribution in [3.05, 3.63) is 0 Å². The fourth-order valence-corrected chi connectivity index (χ4v) is 4.87. The van der Waals surface area contributed by atoms with Crippen LogP contribution in [-0.4, -0.2) is 27.9 Å². The summed E-state index contributed by atoms with van der Waals surface area (Å²) in [7, 11) is 0. The van der Waals surface area contributed by atoms with Gasteiger partial charge in [-0.2, -0.15) is 11.8 Å². The highest BCUT2D eigenvalue weighted by Crippen LogP contribution is 2.39. The Labute approximate surface area is 125 Å². The van der Waals surface area contributed by atoms with Gasteiger partial charge in [-0.3, -0.25) is 4.79 Å². The molecular formula is C14H24N2OS2. The van der Waals surface area contributed by atoms with Gasteiger partial charge in [0, 0.05) is 11.3 Å². The molecule has 2 fully saturated rings. The van der Waals surface area contributed by atoms with Crippen molar-refractivity contribution < 1.29 is 4.79 Å². The van der Waals surface area contributed by atoms with Crippen LogP contribution in [0.3, 0.4) is 0 Å². The minimum atomic E-state index is -0.556. The molecule has 3 nitrogen and oxygen atoms in total. The maximum absolute atomic E-state index is 12.6. The summed E-state index contributed by atoms with van der Waals surface area (Å²) in [5.41, 5.74) is 5.31. The molecule has 0 aromatic carbocycles. The number of carbonyl (C=O) groups excluding carboxylic acids is 1. The molecule has 0 spiro atoms. The van der Waals surface area contributed by atoms with Crippen LogP contribution in [0.15, 0.2) is 0 Å². The number of thiocarbonyl (C=S) groups is 1. The van der Waals surface area contributed by atoms with Gasteiger partial charge < -0.3 is 11.1 Å². The lowest BCUT2D eigenvalue weighted by Gasteiger charge is -2.30. The summed E-state index contributed by atoms with van der Waals surface area (Å²) < 4.78 is 0. The van der Waals surface area contributed by atoms with Crippen molar-refractivity contribution in [3.63, 3.8) is 0 Å². The van der Waals surface area contributed by atoms with Gasteiger partial charge in [-0.25, -0.2) is 0 Å². The van der Waals surface area contributed by atoms with Crippen molar-refractivity contribution in [1.82, 2.24) is 5.32 Å². The van der Waals surface area contributed by atoms with Crippen LogP contribution >= 0.6 is 24.0 Å². The van der Waals surface area contributed by atoms with E-state index in [9.17, 15) is 4.79 Å². The van der Waals surface area contributed by atoms with Crippen molar-refractivity contribution >= 4 is 34.9 Å². The Hall–Kier alpha value is -0.290. The van der Waals surface area contributed by atoms with E-state index >= 15 is 0 Å². The number of hydrogen-bond donors (Lipinski definition) is 2. The van der Waals surface area contributed by atoms with Gasteiger partial charge in [-0.1, -0.05) is 38.4 Å². The van der Waals surface area contributed by atoms with E-state index in [1.165, 1.54) is 12.8 Å². The molecule has 1 amide bonds.